The fourth-order valence-electron chi connectivity index (χ4n) is 3.81. The third kappa shape index (κ3) is 7.64. The second-order valence-corrected chi connectivity index (χ2v) is 9.38. The van der Waals surface area contributed by atoms with E-state index in [0.29, 0.717) is 42.3 Å². The molecule has 0 aromatic heterocycles. The Morgan fingerprint density at radius 3 is 2.33 bits per heavy atom. The molecule has 2 aliphatic rings. The van der Waals surface area contributed by atoms with Gasteiger partial charge in [-0.3, -0.25) is 9.89 Å². The molecule has 2 aliphatic heterocycles. The third-order valence-electron chi connectivity index (χ3n) is 5.57. The zero-order chi connectivity index (χ0) is 21.5. The molecule has 178 valence electrons. The molecule has 0 saturated carbocycles. The van der Waals surface area contributed by atoms with Crippen LogP contribution >= 0.6 is 24.0 Å². The Kier molecular flexibility index (Phi) is 11.6. The van der Waals surface area contributed by atoms with Crippen molar-refractivity contribution >= 4 is 40.0 Å². The Hall–Kier alpha value is -0.380. The van der Waals surface area contributed by atoms with Gasteiger partial charge in [-0.15, -0.1) is 24.0 Å². The summed E-state index contributed by atoms with van der Waals surface area (Å²) in [4.78, 5) is 6.59. The second-order valence-electron chi connectivity index (χ2n) is 7.45. The molecule has 2 fully saturated rings. The lowest BCUT2D eigenvalue weighted by Crippen LogP contribution is -2.48. The predicted octanol–water partition coefficient (Wildman–Crippen LogP) is 1.44. The summed E-state index contributed by atoms with van der Waals surface area (Å²) in [5.41, 5.74) is -5.23. The molecule has 2 heterocycles. The van der Waals surface area contributed by atoms with E-state index in [1.54, 1.807) is 14.2 Å². The molecule has 30 heavy (non-hydrogen) atoms. The first kappa shape index (κ1) is 27.7. The summed E-state index contributed by atoms with van der Waals surface area (Å²) in [6.07, 6.45) is 3.03. The maximum Gasteiger partial charge on any atom is 0.511 e. The Morgan fingerprint density at radius 1 is 1.13 bits per heavy atom. The summed E-state index contributed by atoms with van der Waals surface area (Å²) < 4.78 is 66.6. The molecule has 8 nitrogen and oxygen atoms in total. The van der Waals surface area contributed by atoms with Gasteiger partial charge in [0.25, 0.3) is 0 Å². The van der Waals surface area contributed by atoms with Crippen LogP contribution in [0.4, 0.5) is 13.2 Å². The molecule has 0 spiro atoms. The first-order valence-corrected chi connectivity index (χ1v) is 11.4. The van der Waals surface area contributed by atoms with Crippen LogP contribution in [0, 0.1) is 5.92 Å². The number of likely N-dealkylation sites (tertiary alicyclic amines) is 1. The summed E-state index contributed by atoms with van der Waals surface area (Å²) in [7, 11) is -1.86. The fraction of sp³-hybridized carbons (Fsp3) is 0.941. The molecule has 2 N–H and O–H groups in total. The number of sulfonamides is 1. The largest absolute Gasteiger partial charge is 0.511 e. The molecule has 0 aliphatic carbocycles. The van der Waals surface area contributed by atoms with Crippen molar-refractivity contribution in [2.45, 2.75) is 37.2 Å². The van der Waals surface area contributed by atoms with Crippen molar-refractivity contribution in [3.05, 3.63) is 0 Å². The number of hydrogen-bond donors (Lipinski definition) is 2. The van der Waals surface area contributed by atoms with Gasteiger partial charge in [-0.1, -0.05) is 0 Å². The number of guanidine groups is 1. The Morgan fingerprint density at radius 2 is 1.77 bits per heavy atom. The predicted molar refractivity (Wildman–Crippen MR) is 121 cm³/mol. The Bertz CT molecular complexity index is 643. The van der Waals surface area contributed by atoms with Gasteiger partial charge in [0, 0.05) is 52.9 Å². The summed E-state index contributed by atoms with van der Waals surface area (Å²) in [6, 6.07) is 0.416. The zero-order valence-electron chi connectivity index (χ0n) is 17.4. The molecular formula is C17H33F3IN5O3S. The fourth-order valence-corrected chi connectivity index (χ4v) is 4.79. The van der Waals surface area contributed by atoms with Crippen molar-refractivity contribution in [2.75, 3.05) is 60.0 Å². The summed E-state index contributed by atoms with van der Waals surface area (Å²) >= 11 is 0. The number of aliphatic imine (C=N–C) groups is 1. The van der Waals surface area contributed by atoms with Crippen LogP contribution in [-0.2, 0) is 14.8 Å². The number of nitrogens with zero attached hydrogens (tertiary/aromatic N) is 3. The van der Waals surface area contributed by atoms with Gasteiger partial charge in [0.15, 0.2) is 5.96 Å². The molecule has 0 aromatic rings. The average Bonchev–Trinajstić information content (AvgIpc) is 3.13. The first-order valence-electron chi connectivity index (χ1n) is 9.93. The van der Waals surface area contributed by atoms with E-state index in [2.05, 4.69) is 20.5 Å². The van der Waals surface area contributed by atoms with Crippen LogP contribution in [0.25, 0.3) is 0 Å². The topological polar surface area (TPSA) is 86.3 Å². The van der Waals surface area contributed by atoms with Gasteiger partial charge >= 0.3 is 15.5 Å². The number of hydrogen-bond acceptors (Lipinski definition) is 5. The van der Waals surface area contributed by atoms with Crippen LogP contribution in [0.15, 0.2) is 4.99 Å². The van der Waals surface area contributed by atoms with Crippen molar-refractivity contribution < 1.29 is 26.3 Å². The average molecular weight is 571 g/mol. The van der Waals surface area contributed by atoms with Crippen molar-refractivity contribution in [3.63, 3.8) is 0 Å². The van der Waals surface area contributed by atoms with E-state index in [1.165, 1.54) is 0 Å². The number of alkyl halides is 3. The highest BCUT2D eigenvalue weighted by Gasteiger charge is 2.50. The van der Waals surface area contributed by atoms with Gasteiger partial charge in [-0.2, -0.15) is 17.5 Å². The van der Waals surface area contributed by atoms with Crippen LogP contribution in [0.5, 0.6) is 0 Å². The molecule has 0 radical (unpaired) electrons. The number of methoxy groups -OCH3 is 1. The number of piperidine rings is 1. The molecule has 1 atom stereocenters. The highest BCUT2D eigenvalue weighted by atomic mass is 127. The van der Waals surface area contributed by atoms with Crippen LogP contribution in [0.1, 0.15) is 25.7 Å². The summed E-state index contributed by atoms with van der Waals surface area (Å²) in [5.74, 6) is 0.742. The lowest BCUT2D eigenvalue weighted by molar-refractivity contribution is -0.0496. The Labute approximate surface area is 194 Å². The minimum atomic E-state index is -5.23. The van der Waals surface area contributed by atoms with Gasteiger partial charge in [-0.05, 0) is 38.1 Å². The van der Waals surface area contributed by atoms with E-state index in [4.69, 9.17) is 4.74 Å². The Balaban J connectivity index is 0.00000450. The van der Waals surface area contributed by atoms with Crippen LogP contribution in [0.2, 0.25) is 0 Å². The number of rotatable bonds is 8. The van der Waals surface area contributed by atoms with E-state index >= 15 is 0 Å². The molecule has 0 aromatic carbocycles. The lowest BCUT2D eigenvalue weighted by atomic mass is 9.98. The van der Waals surface area contributed by atoms with Gasteiger partial charge in [0.05, 0.1) is 6.61 Å². The minimum absolute atomic E-state index is 0. The molecule has 2 rings (SSSR count). The molecule has 2 saturated heterocycles. The maximum atomic E-state index is 12.6. The molecule has 1 unspecified atom stereocenters. The van der Waals surface area contributed by atoms with Crippen molar-refractivity contribution in [2.24, 2.45) is 10.9 Å². The van der Waals surface area contributed by atoms with E-state index in [0.717, 1.165) is 32.5 Å². The van der Waals surface area contributed by atoms with E-state index in [1.807, 2.05) is 0 Å². The van der Waals surface area contributed by atoms with Crippen LogP contribution in [0.3, 0.4) is 0 Å². The van der Waals surface area contributed by atoms with Crippen LogP contribution in [-0.4, -0.2) is 95.2 Å². The van der Waals surface area contributed by atoms with Crippen molar-refractivity contribution in [3.8, 4) is 0 Å². The van der Waals surface area contributed by atoms with E-state index < -0.39 is 15.5 Å². The number of halogens is 4. The third-order valence-corrected chi connectivity index (χ3v) is 7.20. The van der Waals surface area contributed by atoms with Crippen molar-refractivity contribution in [1.82, 2.24) is 19.8 Å². The highest BCUT2D eigenvalue weighted by Crippen LogP contribution is 2.30. The molecule has 13 heteroatoms. The standard InChI is InChI=1S/C17H32F3N5O3S.HI/c1-21-16(23-13-15-4-3-7-24(15)10-11-28-2)22-12-14-5-8-25(9-6-14)29(26,27)17(18,19)20;/h14-15H,3-13H2,1-2H3,(H2,21,22,23);1H. The molecule has 0 bridgehead atoms. The lowest BCUT2D eigenvalue weighted by Gasteiger charge is -2.32. The van der Waals surface area contributed by atoms with Crippen molar-refractivity contribution in [1.29, 1.82) is 0 Å². The molecular weight excluding hydrogens is 538 g/mol. The van der Waals surface area contributed by atoms with E-state index in [9.17, 15) is 21.6 Å². The van der Waals surface area contributed by atoms with Gasteiger partial charge in [-0.25, -0.2) is 8.42 Å². The maximum absolute atomic E-state index is 12.6. The SMILES string of the molecule is CN=C(NCC1CCN(S(=O)(=O)C(F)(F)F)CC1)NCC1CCCN1CCOC.I. The second kappa shape index (κ2) is 12.6. The van der Waals surface area contributed by atoms with Gasteiger partial charge in [0.1, 0.15) is 0 Å². The summed E-state index contributed by atoms with van der Waals surface area (Å²) in [5, 5.41) is 6.52. The monoisotopic (exact) mass is 571 g/mol. The number of ether oxygens (including phenoxy) is 1. The quantitative estimate of drug-likeness (QED) is 0.261. The summed E-state index contributed by atoms with van der Waals surface area (Å²) in [6.45, 7) is 3.72. The van der Waals surface area contributed by atoms with E-state index in [-0.39, 0.29) is 43.0 Å². The smallest absolute Gasteiger partial charge is 0.383 e. The van der Waals surface area contributed by atoms with Gasteiger partial charge < -0.3 is 15.4 Å². The first-order chi connectivity index (χ1) is 13.7. The zero-order valence-corrected chi connectivity index (χ0v) is 20.6. The molecule has 0 amide bonds. The minimum Gasteiger partial charge on any atom is -0.383 e. The van der Waals surface area contributed by atoms with Gasteiger partial charge in [0.2, 0.25) is 0 Å². The normalized spacial score (nSPS) is 22.7. The number of nitrogens with one attached hydrogen (secondary N) is 2. The van der Waals surface area contributed by atoms with Crippen LogP contribution < -0.4 is 10.6 Å². The highest BCUT2D eigenvalue weighted by molar-refractivity contribution is 14.0.